The molecule has 0 radical (unpaired) electrons. The molecule has 0 spiro atoms. The van der Waals surface area contributed by atoms with Crippen LogP contribution in [0.25, 0.3) is 0 Å². The van der Waals surface area contributed by atoms with Gasteiger partial charge in [-0.3, -0.25) is 4.79 Å². The van der Waals surface area contributed by atoms with E-state index in [-0.39, 0.29) is 22.1 Å². The lowest BCUT2D eigenvalue weighted by atomic mass is 9.96. The summed E-state index contributed by atoms with van der Waals surface area (Å²) in [4.78, 5) is 14.4. The van der Waals surface area contributed by atoms with Crippen LogP contribution < -0.4 is 5.14 Å². The highest BCUT2D eigenvalue weighted by Crippen LogP contribution is 2.29. The van der Waals surface area contributed by atoms with Crippen molar-refractivity contribution >= 4 is 15.9 Å². The van der Waals surface area contributed by atoms with Crippen molar-refractivity contribution in [2.45, 2.75) is 57.8 Å². The summed E-state index contributed by atoms with van der Waals surface area (Å²) in [7, 11) is -4.00. The van der Waals surface area contributed by atoms with Crippen LogP contribution in [0.2, 0.25) is 0 Å². The van der Waals surface area contributed by atoms with Crippen LogP contribution in [0.3, 0.4) is 0 Å². The summed E-state index contributed by atoms with van der Waals surface area (Å²) in [6.07, 6.45) is 5.34. The molecule has 2 N–H and O–H groups in total. The van der Waals surface area contributed by atoms with Gasteiger partial charge < -0.3 is 9.32 Å². The summed E-state index contributed by atoms with van der Waals surface area (Å²) in [5.41, 5.74) is 0.0962. The third-order valence-electron chi connectivity index (χ3n) is 4.54. The number of hydrogen-bond donors (Lipinski definition) is 1. The van der Waals surface area contributed by atoms with Crippen LogP contribution in [-0.4, -0.2) is 32.3 Å². The van der Waals surface area contributed by atoms with E-state index in [1.54, 1.807) is 11.8 Å². The molecule has 0 bridgehead atoms. The van der Waals surface area contributed by atoms with Crippen LogP contribution in [0, 0.1) is 19.8 Å². The number of sulfonamides is 1. The quantitative estimate of drug-likeness (QED) is 0.910. The first-order valence-corrected chi connectivity index (χ1v) is 9.72. The number of rotatable bonds is 4. The minimum Gasteiger partial charge on any atom is -0.464 e. The largest absolute Gasteiger partial charge is 0.464 e. The number of hydrogen-bond acceptors (Lipinski definition) is 4. The SMILES string of the molecule is CCC[C@@H]1CCCN(C(=O)c2c(C)oc(C)c2S(N)(=O)=O)CC1. The Morgan fingerprint density at radius 3 is 2.57 bits per heavy atom. The molecule has 2 rings (SSSR count). The Hall–Kier alpha value is -1.34. The molecule has 23 heavy (non-hydrogen) atoms. The number of likely N-dealkylation sites (tertiary alicyclic amines) is 1. The zero-order valence-corrected chi connectivity index (χ0v) is 14.9. The minimum absolute atomic E-state index is 0.0962. The fourth-order valence-corrected chi connectivity index (χ4v) is 4.43. The lowest BCUT2D eigenvalue weighted by Crippen LogP contribution is -2.33. The molecule has 1 saturated heterocycles. The molecule has 6 nitrogen and oxygen atoms in total. The molecular weight excluding hydrogens is 316 g/mol. The normalized spacial score (nSPS) is 19.7. The first kappa shape index (κ1) is 18.0. The van der Waals surface area contributed by atoms with Crippen LogP contribution in [0.4, 0.5) is 0 Å². The highest BCUT2D eigenvalue weighted by Gasteiger charge is 2.32. The standard InChI is InChI=1S/C16H26N2O4S/c1-4-6-13-7-5-9-18(10-8-13)16(19)14-11(2)22-12(3)15(14)23(17,20)21/h13H,4-10H2,1-3H3,(H2,17,20,21)/t13-/m1/s1. The topological polar surface area (TPSA) is 93.6 Å². The van der Waals surface area contributed by atoms with E-state index in [0.29, 0.717) is 24.8 Å². The van der Waals surface area contributed by atoms with Crippen LogP contribution >= 0.6 is 0 Å². The monoisotopic (exact) mass is 342 g/mol. The zero-order valence-electron chi connectivity index (χ0n) is 14.1. The Morgan fingerprint density at radius 1 is 1.26 bits per heavy atom. The van der Waals surface area contributed by atoms with Gasteiger partial charge in [0, 0.05) is 13.1 Å². The van der Waals surface area contributed by atoms with Gasteiger partial charge in [-0.15, -0.1) is 0 Å². The summed E-state index contributed by atoms with van der Waals surface area (Å²) < 4.78 is 29.0. The van der Waals surface area contributed by atoms with Crippen molar-refractivity contribution in [2.75, 3.05) is 13.1 Å². The van der Waals surface area contributed by atoms with Crippen LogP contribution in [-0.2, 0) is 10.0 Å². The van der Waals surface area contributed by atoms with Gasteiger partial charge in [0.1, 0.15) is 22.0 Å². The number of amides is 1. The Bertz CT molecular complexity index is 678. The van der Waals surface area contributed by atoms with E-state index < -0.39 is 10.0 Å². The number of nitrogens with two attached hydrogens (primary N) is 1. The Morgan fingerprint density at radius 2 is 1.96 bits per heavy atom. The average Bonchev–Trinajstić information content (AvgIpc) is 2.61. The average molecular weight is 342 g/mol. The lowest BCUT2D eigenvalue weighted by molar-refractivity contribution is 0.0754. The summed E-state index contributed by atoms with van der Waals surface area (Å²) in [6, 6.07) is 0. The van der Waals surface area contributed by atoms with Gasteiger partial charge in [-0.05, 0) is 39.0 Å². The molecule has 7 heteroatoms. The summed E-state index contributed by atoms with van der Waals surface area (Å²) in [5.74, 6) is 0.834. The lowest BCUT2D eigenvalue weighted by Gasteiger charge is -2.21. The summed E-state index contributed by atoms with van der Waals surface area (Å²) in [5, 5.41) is 5.27. The van der Waals surface area contributed by atoms with Gasteiger partial charge in [0.15, 0.2) is 0 Å². The maximum atomic E-state index is 12.9. The molecule has 0 aromatic carbocycles. The number of nitrogens with zero attached hydrogens (tertiary/aromatic N) is 1. The number of carbonyl (C=O) groups is 1. The van der Waals surface area contributed by atoms with Crippen molar-refractivity contribution in [1.29, 1.82) is 0 Å². The molecule has 0 saturated carbocycles. The van der Waals surface area contributed by atoms with Crippen molar-refractivity contribution < 1.29 is 17.6 Å². The Balaban J connectivity index is 2.28. The molecule has 1 aromatic heterocycles. The number of primary sulfonamides is 1. The van der Waals surface area contributed by atoms with E-state index >= 15 is 0 Å². The molecule has 130 valence electrons. The second-order valence-electron chi connectivity index (χ2n) is 6.34. The van der Waals surface area contributed by atoms with E-state index in [1.165, 1.54) is 13.3 Å². The summed E-state index contributed by atoms with van der Waals surface area (Å²) >= 11 is 0. The van der Waals surface area contributed by atoms with E-state index in [1.807, 2.05) is 0 Å². The maximum Gasteiger partial charge on any atom is 0.258 e. The van der Waals surface area contributed by atoms with E-state index in [2.05, 4.69) is 6.92 Å². The Kier molecular flexibility index (Phi) is 5.52. The highest BCUT2D eigenvalue weighted by atomic mass is 32.2. The van der Waals surface area contributed by atoms with Crippen LogP contribution in [0.1, 0.15) is 60.9 Å². The molecule has 1 atom stereocenters. The van der Waals surface area contributed by atoms with Gasteiger partial charge >= 0.3 is 0 Å². The summed E-state index contributed by atoms with van der Waals surface area (Å²) in [6.45, 7) is 6.59. The second-order valence-corrected chi connectivity index (χ2v) is 7.84. The molecule has 2 heterocycles. The van der Waals surface area contributed by atoms with Crippen molar-refractivity contribution in [3.8, 4) is 0 Å². The molecule has 1 fully saturated rings. The van der Waals surface area contributed by atoms with Crippen LogP contribution in [0.5, 0.6) is 0 Å². The molecule has 0 unspecified atom stereocenters. The van der Waals surface area contributed by atoms with E-state index in [4.69, 9.17) is 9.56 Å². The van der Waals surface area contributed by atoms with Gasteiger partial charge in [0.25, 0.3) is 5.91 Å². The maximum absolute atomic E-state index is 12.9. The predicted molar refractivity (Wildman–Crippen MR) is 87.7 cm³/mol. The molecule has 1 aromatic rings. The smallest absolute Gasteiger partial charge is 0.258 e. The predicted octanol–water partition coefficient (Wildman–Crippen LogP) is 2.59. The van der Waals surface area contributed by atoms with Crippen molar-refractivity contribution in [3.05, 3.63) is 17.1 Å². The number of carbonyl (C=O) groups excluding carboxylic acids is 1. The minimum atomic E-state index is -4.00. The first-order valence-electron chi connectivity index (χ1n) is 8.17. The Labute approximate surface area is 138 Å². The molecule has 0 aliphatic carbocycles. The molecule has 1 aliphatic heterocycles. The third kappa shape index (κ3) is 3.95. The van der Waals surface area contributed by atoms with Crippen molar-refractivity contribution in [2.24, 2.45) is 11.1 Å². The van der Waals surface area contributed by atoms with E-state index in [0.717, 1.165) is 25.7 Å². The number of aryl methyl sites for hydroxylation is 2. The zero-order chi connectivity index (χ0) is 17.2. The molecule has 1 aliphatic rings. The van der Waals surface area contributed by atoms with Crippen molar-refractivity contribution in [3.63, 3.8) is 0 Å². The highest BCUT2D eigenvalue weighted by molar-refractivity contribution is 7.89. The van der Waals surface area contributed by atoms with Gasteiger partial charge in [-0.25, -0.2) is 13.6 Å². The van der Waals surface area contributed by atoms with Gasteiger partial charge in [0.05, 0.1) is 0 Å². The fraction of sp³-hybridized carbons (Fsp3) is 0.688. The van der Waals surface area contributed by atoms with Crippen molar-refractivity contribution in [1.82, 2.24) is 4.90 Å². The van der Waals surface area contributed by atoms with Gasteiger partial charge in [-0.2, -0.15) is 0 Å². The van der Waals surface area contributed by atoms with Crippen LogP contribution in [0.15, 0.2) is 9.31 Å². The second kappa shape index (κ2) is 7.05. The van der Waals surface area contributed by atoms with Gasteiger partial charge in [0.2, 0.25) is 10.0 Å². The molecular formula is C16H26N2O4S. The fourth-order valence-electron chi connectivity index (χ4n) is 3.48. The third-order valence-corrected chi connectivity index (χ3v) is 5.60. The molecule has 1 amide bonds. The first-order chi connectivity index (χ1) is 10.8. The van der Waals surface area contributed by atoms with Gasteiger partial charge in [-0.1, -0.05) is 19.8 Å². The van der Waals surface area contributed by atoms with E-state index in [9.17, 15) is 13.2 Å². The number of furan rings is 1.